The van der Waals surface area contributed by atoms with Crippen molar-refractivity contribution in [2.24, 2.45) is 0 Å². The standard InChI is InChI=1S/C14H27NO2/c1-4-6-7-8-9-10-11-15-13(3)12-14(16)17-5-2/h15H,3-12H2,1-2H3. The molecule has 0 atom stereocenters. The Kier molecular flexibility index (Phi) is 10.8. The molecule has 0 saturated carbocycles. The molecule has 100 valence electrons. The van der Waals surface area contributed by atoms with Crippen LogP contribution >= 0.6 is 0 Å². The molecule has 0 amide bonds. The average molecular weight is 241 g/mol. The number of carbonyl (C=O) groups is 1. The van der Waals surface area contributed by atoms with E-state index in [9.17, 15) is 4.79 Å². The van der Waals surface area contributed by atoms with E-state index in [1.165, 1.54) is 32.1 Å². The Labute approximate surface area is 106 Å². The molecule has 17 heavy (non-hydrogen) atoms. The molecule has 0 aromatic carbocycles. The number of nitrogens with one attached hydrogen (secondary N) is 1. The van der Waals surface area contributed by atoms with Gasteiger partial charge in [0.05, 0.1) is 13.0 Å². The van der Waals surface area contributed by atoms with Gasteiger partial charge in [-0.1, -0.05) is 45.6 Å². The predicted octanol–water partition coefficient (Wildman–Crippen LogP) is 3.40. The Bertz CT molecular complexity index is 214. The molecule has 0 aromatic rings. The minimum absolute atomic E-state index is 0.201. The maximum absolute atomic E-state index is 11.1. The normalized spacial score (nSPS) is 10.0. The molecule has 0 unspecified atom stereocenters. The maximum Gasteiger partial charge on any atom is 0.311 e. The molecule has 0 spiro atoms. The third kappa shape index (κ3) is 11.3. The monoisotopic (exact) mass is 241 g/mol. The fourth-order valence-electron chi connectivity index (χ4n) is 1.62. The lowest BCUT2D eigenvalue weighted by Gasteiger charge is -2.08. The van der Waals surface area contributed by atoms with Crippen molar-refractivity contribution in [2.75, 3.05) is 13.2 Å². The van der Waals surface area contributed by atoms with E-state index in [1.54, 1.807) is 0 Å². The number of hydrogen-bond acceptors (Lipinski definition) is 3. The summed E-state index contributed by atoms with van der Waals surface area (Å²) in [5, 5.41) is 3.17. The zero-order chi connectivity index (χ0) is 12.9. The van der Waals surface area contributed by atoms with Crippen LogP contribution in [0.1, 0.15) is 58.8 Å². The molecule has 0 rings (SSSR count). The molecule has 0 aliphatic carbocycles. The summed E-state index contributed by atoms with van der Waals surface area (Å²) in [6.07, 6.45) is 7.94. The molecule has 1 N–H and O–H groups in total. The van der Waals surface area contributed by atoms with E-state index in [4.69, 9.17) is 4.74 Å². The minimum Gasteiger partial charge on any atom is -0.466 e. The molecule has 3 heteroatoms. The van der Waals surface area contributed by atoms with E-state index in [0.717, 1.165) is 18.7 Å². The first-order valence-corrected chi connectivity index (χ1v) is 6.78. The quantitative estimate of drug-likeness (QED) is 0.445. The Balaban J connectivity index is 3.30. The van der Waals surface area contributed by atoms with E-state index >= 15 is 0 Å². The summed E-state index contributed by atoms with van der Waals surface area (Å²) in [5.41, 5.74) is 0.761. The van der Waals surface area contributed by atoms with Gasteiger partial charge in [0.15, 0.2) is 0 Å². The highest BCUT2D eigenvalue weighted by Gasteiger charge is 2.03. The van der Waals surface area contributed by atoms with Crippen molar-refractivity contribution in [1.29, 1.82) is 0 Å². The lowest BCUT2D eigenvalue weighted by Crippen LogP contribution is -2.17. The van der Waals surface area contributed by atoms with Crippen molar-refractivity contribution >= 4 is 5.97 Å². The SMILES string of the molecule is C=C(CC(=O)OCC)NCCCCCCCC. The minimum atomic E-state index is -0.201. The second kappa shape index (κ2) is 11.5. The topological polar surface area (TPSA) is 38.3 Å². The molecule has 0 saturated heterocycles. The first-order valence-electron chi connectivity index (χ1n) is 6.78. The van der Waals surface area contributed by atoms with Gasteiger partial charge in [0, 0.05) is 12.2 Å². The van der Waals surface area contributed by atoms with Crippen molar-refractivity contribution in [3.05, 3.63) is 12.3 Å². The summed E-state index contributed by atoms with van der Waals surface area (Å²) in [5.74, 6) is -0.201. The third-order valence-corrected chi connectivity index (χ3v) is 2.57. The molecule has 0 radical (unpaired) electrons. The number of unbranched alkanes of at least 4 members (excludes halogenated alkanes) is 5. The van der Waals surface area contributed by atoms with Gasteiger partial charge < -0.3 is 10.1 Å². The van der Waals surface area contributed by atoms with Crippen LogP contribution in [0.4, 0.5) is 0 Å². The van der Waals surface area contributed by atoms with Crippen LogP contribution in [0.25, 0.3) is 0 Å². The number of carbonyl (C=O) groups excluding carboxylic acids is 1. The fourth-order valence-corrected chi connectivity index (χ4v) is 1.62. The van der Waals surface area contributed by atoms with Gasteiger partial charge in [0.1, 0.15) is 0 Å². The summed E-state index contributed by atoms with van der Waals surface area (Å²) >= 11 is 0. The zero-order valence-electron chi connectivity index (χ0n) is 11.4. The van der Waals surface area contributed by atoms with Crippen LogP contribution < -0.4 is 5.32 Å². The molecule has 0 aliphatic rings. The van der Waals surface area contributed by atoms with Gasteiger partial charge in [-0.3, -0.25) is 4.79 Å². The van der Waals surface area contributed by atoms with Crippen LogP contribution in [0.5, 0.6) is 0 Å². The summed E-state index contributed by atoms with van der Waals surface area (Å²) in [6, 6.07) is 0. The molecule has 0 bridgehead atoms. The summed E-state index contributed by atoms with van der Waals surface area (Å²) in [4.78, 5) is 11.1. The van der Waals surface area contributed by atoms with Crippen molar-refractivity contribution in [2.45, 2.75) is 58.8 Å². The molecule has 0 aromatic heterocycles. The highest BCUT2D eigenvalue weighted by molar-refractivity contribution is 5.72. The molecule has 0 aliphatic heterocycles. The Morgan fingerprint density at radius 3 is 2.41 bits per heavy atom. The second-order valence-corrected chi connectivity index (χ2v) is 4.28. The van der Waals surface area contributed by atoms with Crippen LogP contribution in [0.2, 0.25) is 0 Å². The zero-order valence-corrected chi connectivity index (χ0v) is 11.4. The van der Waals surface area contributed by atoms with Crippen molar-refractivity contribution < 1.29 is 9.53 Å². The number of rotatable bonds is 11. The first-order chi connectivity index (χ1) is 8.20. The second-order valence-electron chi connectivity index (χ2n) is 4.28. The molecule has 3 nitrogen and oxygen atoms in total. The Hall–Kier alpha value is -0.990. The molecule has 0 heterocycles. The summed E-state index contributed by atoms with van der Waals surface area (Å²) in [7, 11) is 0. The lowest BCUT2D eigenvalue weighted by atomic mass is 10.1. The molecular formula is C14H27NO2. The van der Waals surface area contributed by atoms with Gasteiger partial charge in [-0.25, -0.2) is 0 Å². The van der Waals surface area contributed by atoms with Gasteiger partial charge in [0.25, 0.3) is 0 Å². The Morgan fingerprint density at radius 2 is 1.76 bits per heavy atom. The van der Waals surface area contributed by atoms with Gasteiger partial charge in [-0.15, -0.1) is 0 Å². The van der Waals surface area contributed by atoms with E-state index in [2.05, 4.69) is 18.8 Å². The Morgan fingerprint density at radius 1 is 1.12 bits per heavy atom. The van der Waals surface area contributed by atoms with Crippen LogP contribution in [0.15, 0.2) is 12.3 Å². The van der Waals surface area contributed by atoms with E-state index in [1.807, 2.05) is 6.92 Å². The van der Waals surface area contributed by atoms with Gasteiger partial charge in [0.2, 0.25) is 0 Å². The van der Waals surface area contributed by atoms with Gasteiger partial charge in [-0.05, 0) is 13.3 Å². The molecular weight excluding hydrogens is 214 g/mol. The summed E-state index contributed by atoms with van der Waals surface area (Å²) < 4.78 is 4.84. The van der Waals surface area contributed by atoms with Crippen molar-refractivity contribution in [3.63, 3.8) is 0 Å². The lowest BCUT2D eigenvalue weighted by molar-refractivity contribution is -0.142. The van der Waals surface area contributed by atoms with Crippen LogP contribution in [-0.4, -0.2) is 19.1 Å². The predicted molar refractivity (Wildman–Crippen MR) is 71.8 cm³/mol. The highest BCUT2D eigenvalue weighted by atomic mass is 16.5. The average Bonchev–Trinajstić information content (AvgIpc) is 2.28. The van der Waals surface area contributed by atoms with Crippen molar-refractivity contribution in [1.82, 2.24) is 5.32 Å². The van der Waals surface area contributed by atoms with Gasteiger partial charge in [-0.2, -0.15) is 0 Å². The van der Waals surface area contributed by atoms with Gasteiger partial charge >= 0.3 is 5.97 Å². The first kappa shape index (κ1) is 16.0. The third-order valence-electron chi connectivity index (χ3n) is 2.57. The highest BCUT2D eigenvalue weighted by Crippen LogP contribution is 2.04. The summed E-state index contributed by atoms with van der Waals surface area (Å²) in [6.45, 7) is 9.19. The van der Waals surface area contributed by atoms with E-state index in [-0.39, 0.29) is 12.4 Å². The van der Waals surface area contributed by atoms with Crippen LogP contribution in [0.3, 0.4) is 0 Å². The van der Waals surface area contributed by atoms with Crippen molar-refractivity contribution in [3.8, 4) is 0 Å². The van der Waals surface area contributed by atoms with Crippen LogP contribution in [-0.2, 0) is 9.53 Å². The maximum atomic E-state index is 11.1. The number of esters is 1. The van der Waals surface area contributed by atoms with Crippen LogP contribution in [0, 0.1) is 0 Å². The smallest absolute Gasteiger partial charge is 0.311 e. The van der Waals surface area contributed by atoms with E-state index < -0.39 is 0 Å². The number of hydrogen-bond donors (Lipinski definition) is 1. The van der Waals surface area contributed by atoms with E-state index in [0.29, 0.717) is 6.61 Å². The fraction of sp³-hybridized carbons (Fsp3) is 0.786. The largest absolute Gasteiger partial charge is 0.466 e. The molecule has 0 fully saturated rings. The number of ether oxygens (including phenoxy) is 1.